The predicted molar refractivity (Wildman–Crippen MR) is 114 cm³/mol. The SMILES string of the molecule is CN(C)C(=O)c1cccc([C@H]2C[C@@H]2c2cc(-c3c[nH]c(=O)[nH]c3=O)nn3ccnc23)c1. The highest BCUT2D eigenvalue weighted by Gasteiger charge is 2.41. The molecule has 9 nitrogen and oxygen atoms in total. The molecular weight excluding hydrogens is 396 g/mol. The summed E-state index contributed by atoms with van der Waals surface area (Å²) >= 11 is 0. The van der Waals surface area contributed by atoms with Gasteiger partial charge in [0.2, 0.25) is 0 Å². The lowest BCUT2D eigenvalue weighted by molar-refractivity contribution is 0.0827. The molecule has 0 saturated heterocycles. The van der Waals surface area contributed by atoms with E-state index < -0.39 is 11.2 Å². The number of H-pyrrole nitrogens is 2. The fourth-order valence-corrected chi connectivity index (χ4v) is 4.01. The zero-order valence-electron chi connectivity index (χ0n) is 17.0. The Morgan fingerprint density at radius 1 is 1.19 bits per heavy atom. The molecule has 0 bridgehead atoms. The lowest BCUT2D eigenvalue weighted by Crippen LogP contribution is -2.23. The number of nitrogens with one attached hydrogen (secondary N) is 2. The Hall–Kier alpha value is -4.01. The Balaban J connectivity index is 1.54. The van der Waals surface area contributed by atoms with Crippen molar-refractivity contribution < 1.29 is 4.79 Å². The first-order chi connectivity index (χ1) is 14.9. The summed E-state index contributed by atoms with van der Waals surface area (Å²) in [6.45, 7) is 0. The van der Waals surface area contributed by atoms with Crippen LogP contribution < -0.4 is 11.2 Å². The Morgan fingerprint density at radius 2 is 2.03 bits per heavy atom. The van der Waals surface area contributed by atoms with Crippen LogP contribution in [0.3, 0.4) is 0 Å². The summed E-state index contributed by atoms with van der Waals surface area (Å²) in [6, 6.07) is 9.58. The molecule has 31 heavy (non-hydrogen) atoms. The molecule has 1 fully saturated rings. The maximum Gasteiger partial charge on any atom is 0.325 e. The number of rotatable bonds is 4. The monoisotopic (exact) mass is 416 g/mol. The lowest BCUT2D eigenvalue weighted by atomic mass is 10.0. The third kappa shape index (κ3) is 3.33. The van der Waals surface area contributed by atoms with E-state index >= 15 is 0 Å². The van der Waals surface area contributed by atoms with Gasteiger partial charge in [-0.25, -0.2) is 14.3 Å². The van der Waals surface area contributed by atoms with Gasteiger partial charge in [0, 0.05) is 43.8 Å². The van der Waals surface area contributed by atoms with Crippen LogP contribution in [-0.4, -0.2) is 49.5 Å². The molecule has 1 aromatic carbocycles. The van der Waals surface area contributed by atoms with Crippen molar-refractivity contribution in [3.8, 4) is 11.3 Å². The van der Waals surface area contributed by atoms with E-state index in [4.69, 9.17) is 0 Å². The molecule has 1 aliphatic rings. The molecule has 2 atom stereocenters. The summed E-state index contributed by atoms with van der Waals surface area (Å²) in [5, 5.41) is 4.48. The van der Waals surface area contributed by atoms with E-state index in [0.29, 0.717) is 11.3 Å². The first-order valence-electron chi connectivity index (χ1n) is 9.90. The number of nitrogens with zero attached hydrogens (tertiary/aromatic N) is 4. The number of benzene rings is 1. The van der Waals surface area contributed by atoms with Crippen molar-refractivity contribution in [1.29, 1.82) is 0 Å². The minimum atomic E-state index is -0.563. The Kier molecular flexibility index (Phi) is 4.32. The third-order valence-corrected chi connectivity index (χ3v) is 5.64. The number of carbonyl (C=O) groups excluding carboxylic acids is 1. The third-order valence-electron chi connectivity index (χ3n) is 5.64. The molecule has 5 rings (SSSR count). The number of imidazole rings is 1. The number of aromatic nitrogens is 5. The van der Waals surface area contributed by atoms with Gasteiger partial charge in [0.25, 0.3) is 11.5 Å². The van der Waals surface area contributed by atoms with E-state index in [2.05, 4.69) is 20.1 Å². The average molecular weight is 416 g/mol. The van der Waals surface area contributed by atoms with Crippen molar-refractivity contribution in [1.82, 2.24) is 29.5 Å². The number of fused-ring (bicyclic) bond motifs is 1. The van der Waals surface area contributed by atoms with Crippen molar-refractivity contribution in [3.05, 3.63) is 86.5 Å². The van der Waals surface area contributed by atoms with Crippen LogP contribution in [0.15, 0.2) is 58.5 Å². The van der Waals surface area contributed by atoms with Gasteiger partial charge in [0.05, 0.1) is 11.3 Å². The highest BCUT2D eigenvalue weighted by Crippen LogP contribution is 2.55. The summed E-state index contributed by atoms with van der Waals surface area (Å²) in [6.07, 6.45) is 5.68. The van der Waals surface area contributed by atoms with Gasteiger partial charge in [0.1, 0.15) is 0 Å². The van der Waals surface area contributed by atoms with Crippen LogP contribution in [0.5, 0.6) is 0 Å². The van der Waals surface area contributed by atoms with Crippen molar-refractivity contribution >= 4 is 11.6 Å². The molecule has 9 heteroatoms. The first kappa shape index (κ1) is 19.0. The van der Waals surface area contributed by atoms with Crippen molar-refractivity contribution in [3.63, 3.8) is 0 Å². The quantitative estimate of drug-likeness (QED) is 0.526. The summed E-state index contributed by atoms with van der Waals surface area (Å²) in [7, 11) is 3.47. The Bertz CT molecular complexity index is 1430. The molecule has 0 radical (unpaired) electrons. The molecule has 2 N–H and O–H groups in total. The van der Waals surface area contributed by atoms with E-state index in [0.717, 1.165) is 23.2 Å². The zero-order chi connectivity index (χ0) is 21.7. The fraction of sp³-hybridized carbons (Fsp3) is 0.227. The van der Waals surface area contributed by atoms with Crippen molar-refractivity contribution in [2.24, 2.45) is 0 Å². The van der Waals surface area contributed by atoms with Gasteiger partial charge >= 0.3 is 5.69 Å². The van der Waals surface area contributed by atoms with E-state index in [1.807, 2.05) is 30.3 Å². The molecule has 156 valence electrons. The second-order valence-electron chi connectivity index (χ2n) is 7.94. The summed E-state index contributed by atoms with van der Waals surface area (Å²) in [5.74, 6) is 0.413. The second-order valence-corrected chi connectivity index (χ2v) is 7.94. The van der Waals surface area contributed by atoms with E-state index in [-0.39, 0.29) is 23.3 Å². The summed E-state index contributed by atoms with van der Waals surface area (Å²) in [4.78, 5) is 46.7. The van der Waals surface area contributed by atoms with Crippen LogP contribution in [0.25, 0.3) is 16.9 Å². The summed E-state index contributed by atoms with van der Waals surface area (Å²) in [5.41, 5.74) is 3.16. The molecule has 3 aromatic heterocycles. The summed E-state index contributed by atoms with van der Waals surface area (Å²) < 4.78 is 1.65. The maximum absolute atomic E-state index is 12.3. The molecule has 3 heterocycles. The standard InChI is InChI=1S/C22H20N6O3/c1-27(2)21(30)13-5-3-4-12(8-13)14-9-15(14)16-10-18(26-28-7-6-23-19(16)28)17-11-24-22(31)25-20(17)29/h3-8,10-11,14-15H,9H2,1-2H3,(H2,24,25,29,31)/t14-,15+/m1/s1. The van der Waals surface area contributed by atoms with Crippen molar-refractivity contribution in [2.75, 3.05) is 14.1 Å². The van der Waals surface area contributed by atoms with E-state index in [1.165, 1.54) is 6.20 Å². The van der Waals surface area contributed by atoms with Gasteiger partial charge in [-0.3, -0.25) is 14.6 Å². The van der Waals surface area contributed by atoms with Crippen LogP contribution >= 0.6 is 0 Å². The molecule has 0 aliphatic heterocycles. The number of carbonyl (C=O) groups is 1. The molecule has 4 aromatic rings. The van der Waals surface area contributed by atoms with Gasteiger partial charge in [-0.05, 0) is 42.0 Å². The van der Waals surface area contributed by atoms with Gasteiger partial charge in [0.15, 0.2) is 5.65 Å². The van der Waals surface area contributed by atoms with Gasteiger partial charge in [-0.15, -0.1) is 0 Å². The van der Waals surface area contributed by atoms with Crippen LogP contribution in [0, 0.1) is 0 Å². The molecule has 0 spiro atoms. The molecule has 1 saturated carbocycles. The molecule has 1 aliphatic carbocycles. The predicted octanol–water partition coefficient (Wildman–Crippen LogP) is 1.75. The molecular formula is C22H20N6O3. The number of amides is 1. The normalized spacial score (nSPS) is 17.6. The minimum absolute atomic E-state index is 0.0295. The van der Waals surface area contributed by atoms with Crippen LogP contribution in [0.2, 0.25) is 0 Å². The smallest absolute Gasteiger partial charge is 0.325 e. The highest BCUT2D eigenvalue weighted by atomic mass is 16.2. The second kappa shape index (κ2) is 7.05. The lowest BCUT2D eigenvalue weighted by Gasteiger charge is -2.11. The van der Waals surface area contributed by atoms with Gasteiger partial charge in [-0.1, -0.05) is 12.1 Å². The molecule has 0 unspecified atom stereocenters. The number of hydrogen-bond acceptors (Lipinski definition) is 5. The van der Waals surface area contributed by atoms with Crippen LogP contribution in [-0.2, 0) is 0 Å². The topological polar surface area (TPSA) is 116 Å². The Morgan fingerprint density at radius 3 is 2.81 bits per heavy atom. The minimum Gasteiger partial charge on any atom is -0.345 e. The largest absolute Gasteiger partial charge is 0.345 e. The zero-order valence-corrected chi connectivity index (χ0v) is 17.0. The Labute approximate surface area is 176 Å². The van der Waals surface area contributed by atoms with Gasteiger partial charge in [-0.2, -0.15) is 5.10 Å². The number of hydrogen-bond donors (Lipinski definition) is 2. The highest BCUT2D eigenvalue weighted by molar-refractivity contribution is 5.94. The van der Waals surface area contributed by atoms with Crippen LogP contribution in [0.1, 0.15) is 39.7 Å². The van der Waals surface area contributed by atoms with Crippen molar-refractivity contribution in [2.45, 2.75) is 18.3 Å². The number of aromatic amines is 2. The van der Waals surface area contributed by atoms with Gasteiger partial charge < -0.3 is 9.88 Å². The maximum atomic E-state index is 12.3. The first-order valence-corrected chi connectivity index (χ1v) is 9.90. The van der Waals surface area contributed by atoms with Crippen LogP contribution in [0.4, 0.5) is 0 Å². The van der Waals surface area contributed by atoms with E-state index in [1.54, 1.807) is 35.9 Å². The van der Waals surface area contributed by atoms with E-state index in [9.17, 15) is 14.4 Å². The average Bonchev–Trinajstić information content (AvgIpc) is 3.41. The molecule has 1 amide bonds. The fourth-order valence-electron chi connectivity index (χ4n) is 4.01.